The van der Waals surface area contributed by atoms with Gasteiger partial charge in [-0.25, -0.2) is 4.98 Å². The lowest BCUT2D eigenvalue weighted by Crippen LogP contribution is -2.34. The van der Waals surface area contributed by atoms with Crippen LogP contribution in [0.4, 0.5) is 0 Å². The van der Waals surface area contributed by atoms with Crippen LogP contribution < -0.4 is 5.32 Å². The Hall–Kier alpha value is -2.64. The number of hydrogen-bond acceptors (Lipinski definition) is 5. The molecule has 0 unspecified atom stereocenters. The van der Waals surface area contributed by atoms with E-state index < -0.39 is 5.92 Å². The molecule has 8 nitrogen and oxygen atoms in total. The summed E-state index contributed by atoms with van der Waals surface area (Å²) in [4.78, 5) is 30.9. The highest BCUT2D eigenvalue weighted by atomic mass is 16.4. The zero-order chi connectivity index (χ0) is 18.4. The Kier molecular flexibility index (Phi) is 4.05. The first-order chi connectivity index (χ1) is 12.5. The van der Waals surface area contributed by atoms with Gasteiger partial charge in [-0.2, -0.15) is 5.10 Å². The second-order valence-electron chi connectivity index (χ2n) is 7.23. The van der Waals surface area contributed by atoms with E-state index in [4.69, 9.17) is 4.42 Å². The predicted molar refractivity (Wildman–Crippen MR) is 91.9 cm³/mol. The van der Waals surface area contributed by atoms with Gasteiger partial charge in [0, 0.05) is 37.7 Å². The van der Waals surface area contributed by atoms with E-state index in [2.05, 4.69) is 15.4 Å². The molecule has 1 saturated carbocycles. The lowest BCUT2D eigenvalue weighted by molar-refractivity contribution is -0.128. The Balaban J connectivity index is 1.47. The van der Waals surface area contributed by atoms with Crippen LogP contribution in [-0.4, -0.2) is 38.5 Å². The van der Waals surface area contributed by atoms with E-state index >= 15 is 0 Å². The topological polar surface area (TPSA) is 93.3 Å². The van der Waals surface area contributed by atoms with Gasteiger partial charge in [0.1, 0.15) is 5.76 Å². The number of oxazole rings is 1. The maximum atomic E-state index is 12.8. The molecule has 2 atom stereocenters. The minimum Gasteiger partial charge on any atom is -0.444 e. The fourth-order valence-corrected chi connectivity index (χ4v) is 3.57. The number of aryl methyl sites for hydroxylation is 1. The number of likely N-dealkylation sites (tertiary alicyclic amines) is 1. The van der Waals surface area contributed by atoms with Gasteiger partial charge < -0.3 is 14.6 Å². The molecular weight excluding hydrogens is 334 g/mol. The third-order valence-corrected chi connectivity index (χ3v) is 5.45. The van der Waals surface area contributed by atoms with Crippen molar-refractivity contribution >= 4 is 11.8 Å². The standard InChI is InChI=1S/C18H23N5O3/c1-10-14(9-21-23(10)3)16-13(6-15(24)22(16)2)17(25)19-7-12-8-20-18(26-12)11-4-5-11/h8-9,11,13,16H,4-7H2,1-3H3,(H,19,25)/t13-,16-/m0/s1. The summed E-state index contributed by atoms with van der Waals surface area (Å²) in [6.07, 6.45) is 5.85. The number of nitrogens with zero attached hydrogens (tertiary/aromatic N) is 4. The molecule has 138 valence electrons. The summed E-state index contributed by atoms with van der Waals surface area (Å²) in [6, 6.07) is -0.298. The van der Waals surface area contributed by atoms with Crippen LogP contribution in [0.1, 0.15) is 54.1 Å². The van der Waals surface area contributed by atoms with Gasteiger partial charge in [-0.15, -0.1) is 0 Å². The highest BCUT2D eigenvalue weighted by Crippen LogP contribution is 2.40. The summed E-state index contributed by atoms with van der Waals surface area (Å²) >= 11 is 0. The van der Waals surface area contributed by atoms with Crippen molar-refractivity contribution < 1.29 is 14.0 Å². The normalized spacial score (nSPS) is 22.9. The Bertz CT molecular complexity index is 851. The first-order valence-corrected chi connectivity index (χ1v) is 8.92. The molecule has 1 aliphatic carbocycles. The monoisotopic (exact) mass is 357 g/mol. The molecule has 0 bridgehead atoms. The number of nitrogens with one attached hydrogen (secondary N) is 1. The third-order valence-electron chi connectivity index (χ3n) is 5.45. The number of hydrogen-bond donors (Lipinski definition) is 1. The van der Waals surface area contributed by atoms with Gasteiger partial charge >= 0.3 is 0 Å². The quantitative estimate of drug-likeness (QED) is 0.874. The molecular formula is C18H23N5O3. The van der Waals surface area contributed by atoms with Crippen molar-refractivity contribution in [2.45, 2.75) is 44.7 Å². The Morgan fingerprint density at radius 3 is 2.77 bits per heavy atom. The lowest BCUT2D eigenvalue weighted by Gasteiger charge is -2.24. The first kappa shape index (κ1) is 16.8. The molecule has 2 aliphatic rings. The molecule has 3 heterocycles. The molecule has 26 heavy (non-hydrogen) atoms. The van der Waals surface area contributed by atoms with Crippen molar-refractivity contribution in [2.75, 3.05) is 7.05 Å². The maximum Gasteiger partial charge on any atom is 0.226 e. The van der Waals surface area contributed by atoms with Crippen molar-refractivity contribution in [3.05, 3.63) is 35.3 Å². The fraction of sp³-hybridized carbons (Fsp3) is 0.556. The molecule has 0 aromatic carbocycles. The highest BCUT2D eigenvalue weighted by Gasteiger charge is 2.44. The first-order valence-electron chi connectivity index (χ1n) is 8.92. The van der Waals surface area contributed by atoms with Crippen LogP contribution in [0, 0.1) is 12.8 Å². The van der Waals surface area contributed by atoms with Crippen molar-refractivity contribution in [1.82, 2.24) is 25.0 Å². The van der Waals surface area contributed by atoms with Crippen LogP contribution in [0.15, 0.2) is 16.8 Å². The maximum absolute atomic E-state index is 12.8. The molecule has 2 aromatic heterocycles. The van der Waals surface area contributed by atoms with Crippen LogP contribution in [0.5, 0.6) is 0 Å². The van der Waals surface area contributed by atoms with E-state index in [-0.39, 0.29) is 30.8 Å². The van der Waals surface area contributed by atoms with Gasteiger partial charge in [-0.3, -0.25) is 14.3 Å². The predicted octanol–water partition coefficient (Wildman–Crippen LogP) is 1.43. The molecule has 2 fully saturated rings. The number of amides is 2. The molecule has 4 rings (SSSR count). The third kappa shape index (κ3) is 2.89. The minimum atomic E-state index is -0.443. The molecule has 1 N–H and O–H groups in total. The van der Waals surface area contributed by atoms with Gasteiger partial charge in [0.05, 0.1) is 30.9 Å². The molecule has 0 spiro atoms. The van der Waals surface area contributed by atoms with E-state index in [0.717, 1.165) is 30.0 Å². The summed E-state index contributed by atoms with van der Waals surface area (Å²) in [5, 5.41) is 7.16. The second kappa shape index (κ2) is 6.26. The van der Waals surface area contributed by atoms with Crippen molar-refractivity contribution in [3.63, 3.8) is 0 Å². The number of rotatable bonds is 5. The summed E-state index contributed by atoms with van der Waals surface area (Å²) in [7, 11) is 3.59. The summed E-state index contributed by atoms with van der Waals surface area (Å²) in [5.74, 6) is 1.22. The second-order valence-corrected chi connectivity index (χ2v) is 7.23. The van der Waals surface area contributed by atoms with Gasteiger partial charge in [-0.1, -0.05) is 0 Å². The van der Waals surface area contributed by atoms with Crippen LogP contribution in [-0.2, 0) is 23.2 Å². The largest absolute Gasteiger partial charge is 0.444 e. The zero-order valence-electron chi connectivity index (χ0n) is 15.2. The Labute approximate surface area is 151 Å². The number of carbonyl (C=O) groups is 2. The Morgan fingerprint density at radius 1 is 1.35 bits per heavy atom. The van der Waals surface area contributed by atoms with Crippen molar-refractivity contribution in [1.29, 1.82) is 0 Å². The molecule has 1 saturated heterocycles. The van der Waals surface area contributed by atoms with Gasteiger partial charge in [0.2, 0.25) is 11.8 Å². The molecule has 8 heteroatoms. The number of aromatic nitrogens is 3. The SMILES string of the molecule is Cc1c([C@@H]2[C@@H](C(=O)NCc3cnc(C4CC4)o3)CC(=O)N2C)cnn1C. The molecule has 2 amide bonds. The smallest absolute Gasteiger partial charge is 0.226 e. The number of carbonyl (C=O) groups excluding carboxylic acids is 2. The summed E-state index contributed by atoms with van der Waals surface area (Å²) < 4.78 is 7.44. The van der Waals surface area contributed by atoms with Crippen molar-refractivity contribution in [3.8, 4) is 0 Å². The van der Waals surface area contributed by atoms with Crippen LogP contribution in [0.2, 0.25) is 0 Å². The van der Waals surface area contributed by atoms with Crippen LogP contribution >= 0.6 is 0 Å². The van der Waals surface area contributed by atoms with E-state index in [9.17, 15) is 9.59 Å². The van der Waals surface area contributed by atoms with Gasteiger partial charge in [-0.05, 0) is 19.8 Å². The van der Waals surface area contributed by atoms with E-state index in [1.807, 2.05) is 14.0 Å². The molecule has 2 aromatic rings. The van der Waals surface area contributed by atoms with E-state index in [1.54, 1.807) is 29.0 Å². The summed E-state index contributed by atoms with van der Waals surface area (Å²) in [5.41, 5.74) is 1.87. The minimum absolute atomic E-state index is 0.0333. The highest BCUT2D eigenvalue weighted by molar-refractivity contribution is 5.90. The van der Waals surface area contributed by atoms with Gasteiger partial charge in [0.25, 0.3) is 0 Å². The van der Waals surface area contributed by atoms with E-state index in [1.165, 1.54) is 0 Å². The van der Waals surface area contributed by atoms with E-state index in [0.29, 0.717) is 11.7 Å². The van der Waals surface area contributed by atoms with Crippen molar-refractivity contribution in [2.24, 2.45) is 13.0 Å². The average Bonchev–Trinajstić information content (AvgIpc) is 3.19. The van der Waals surface area contributed by atoms with Crippen LogP contribution in [0.3, 0.4) is 0 Å². The average molecular weight is 357 g/mol. The summed E-state index contributed by atoms with van der Waals surface area (Å²) in [6.45, 7) is 2.23. The molecule has 0 radical (unpaired) electrons. The lowest BCUT2D eigenvalue weighted by atomic mass is 9.93. The van der Waals surface area contributed by atoms with Crippen LogP contribution in [0.25, 0.3) is 0 Å². The fourth-order valence-electron chi connectivity index (χ4n) is 3.57. The zero-order valence-corrected chi connectivity index (χ0v) is 15.2. The Morgan fingerprint density at radius 2 is 2.12 bits per heavy atom. The van der Waals surface area contributed by atoms with Gasteiger partial charge in [0.15, 0.2) is 5.89 Å². The molecule has 1 aliphatic heterocycles.